The Balaban J connectivity index is 3.26. The van der Waals surface area contributed by atoms with Crippen molar-refractivity contribution in [3.63, 3.8) is 0 Å². The van der Waals surface area contributed by atoms with E-state index in [4.69, 9.17) is 11.0 Å². The molecule has 0 aliphatic rings. The molecule has 0 fully saturated rings. The van der Waals surface area contributed by atoms with Gasteiger partial charge < -0.3 is 10.6 Å². The molecular weight excluding hydrogens is 267 g/mol. The second-order valence-electron chi connectivity index (χ2n) is 4.24. The number of benzene rings is 1. The topological polar surface area (TPSA) is 113 Å². The predicted octanol–water partition coefficient (Wildman–Crippen LogP) is 1.69. The highest BCUT2D eigenvalue weighted by molar-refractivity contribution is 6.01. The summed E-state index contributed by atoms with van der Waals surface area (Å²) in [7, 11) is 1.38. The largest absolute Gasteiger partial charge is 0.392 e. The van der Waals surface area contributed by atoms with Gasteiger partial charge in [0, 0.05) is 19.2 Å². The number of carbonyl (C=O) groups excluding carboxylic acids is 1. The highest BCUT2D eigenvalue weighted by atomic mass is 19.1. The Morgan fingerprint density at radius 2 is 2.25 bits per heavy atom. The number of nitrogen functional groups attached to an aromatic ring is 1. The summed E-state index contributed by atoms with van der Waals surface area (Å²) in [6, 6.07) is 3.15. The van der Waals surface area contributed by atoms with Crippen LogP contribution in [-0.4, -0.2) is 28.8 Å². The highest BCUT2D eigenvalue weighted by Crippen LogP contribution is 2.28. The molecule has 1 atom stereocenters. The quantitative estimate of drug-likeness (QED) is 0.512. The molecule has 7 nitrogen and oxygen atoms in total. The summed E-state index contributed by atoms with van der Waals surface area (Å²) in [6.45, 7) is 1.60. The van der Waals surface area contributed by atoms with Crippen LogP contribution in [0.5, 0.6) is 0 Å². The van der Waals surface area contributed by atoms with Gasteiger partial charge in [0.25, 0.3) is 11.6 Å². The average Bonchev–Trinajstić information content (AvgIpc) is 2.37. The molecule has 0 heterocycles. The molecule has 1 aromatic carbocycles. The van der Waals surface area contributed by atoms with Crippen molar-refractivity contribution in [1.29, 1.82) is 5.26 Å². The van der Waals surface area contributed by atoms with Crippen molar-refractivity contribution in [1.82, 2.24) is 4.90 Å². The van der Waals surface area contributed by atoms with Gasteiger partial charge in [0.2, 0.25) is 0 Å². The van der Waals surface area contributed by atoms with Crippen LogP contribution in [0.15, 0.2) is 12.1 Å². The van der Waals surface area contributed by atoms with Crippen LogP contribution < -0.4 is 5.73 Å². The van der Waals surface area contributed by atoms with Crippen LogP contribution in [0.2, 0.25) is 0 Å². The number of amides is 1. The third kappa shape index (κ3) is 2.83. The van der Waals surface area contributed by atoms with E-state index in [2.05, 4.69) is 0 Å². The van der Waals surface area contributed by atoms with Crippen LogP contribution in [0, 0.1) is 27.3 Å². The van der Waals surface area contributed by atoms with E-state index in [9.17, 15) is 19.3 Å². The first-order valence-electron chi connectivity index (χ1n) is 5.67. The molecule has 0 saturated carbocycles. The van der Waals surface area contributed by atoms with Crippen molar-refractivity contribution in [2.75, 3.05) is 12.8 Å². The van der Waals surface area contributed by atoms with Crippen LogP contribution in [0.3, 0.4) is 0 Å². The molecule has 1 unspecified atom stereocenters. The highest BCUT2D eigenvalue weighted by Gasteiger charge is 2.27. The summed E-state index contributed by atoms with van der Waals surface area (Å²) in [6.07, 6.45) is 0.0543. The van der Waals surface area contributed by atoms with E-state index in [0.717, 1.165) is 17.0 Å². The first kappa shape index (κ1) is 15.4. The molecule has 0 spiro atoms. The first-order chi connectivity index (χ1) is 9.31. The van der Waals surface area contributed by atoms with Gasteiger partial charge in [0.15, 0.2) is 0 Å². The summed E-state index contributed by atoms with van der Waals surface area (Å²) >= 11 is 0. The van der Waals surface area contributed by atoms with Gasteiger partial charge in [0.1, 0.15) is 17.1 Å². The molecule has 20 heavy (non-hydrogen) atoms. The third-order valence-electron chi connectivity index (χ3n) is 2.95. The van der Waals surface area contributed by atoms with Crippen LogP contribution >= 0.6 is 0 Å². The van der Waals surface area contributed by atoms with Gasteiger partial charge in [-0.2, -0.15) is 5.26 Å². The minimum absolute atomic E-state index is 0.0543. The zero-order valence-electron chi connectivity index (χ0n) is 11.0. The lowest BCUT2D eigenvalue weighted by Gasteiger charge is -2.23. The summed E-state index contributed by atoms with van der Waals surface area (Å²) in [4.78, 5) is 23.2. The fraction of sp³-hybridized carbons (Fsp3) is 0.333. The zero-order chi connectivity index (χ0) is 15.4. The number of nitro benzene ring substituents is 1. The molecule has 2 N–H and O–H groups in total. The number of rotatable bonds is 4. The Labute approximate surface area is 114 Å². The maximum Gasteiger partial charge on any atom is 0.293 e. The summed E-state index contributed by atoms with van der Waals surface area (Å²) in [5.74, 6) is -1.74. The number of nitriles is 1. The molecule has 0 aromatic heterocycles. The van der Waals surface area contributed by atoms with Gasteiger partial charge >= 0.3 is 0 Å². The van der Waals surface area contributed by atoms with Gasteiger partial charge in [-0.25, -0.2) is 4.39 Å². The lowest BCUT2D eigenvalue weighted by atomic mass is 10.1. The van der Waals surface area contributed by atoms with E-state index < -0.39 is 39.6 Å². The van der Waals surface area contributed by atoms with E-state index >= 15 is 0 Å². The van der Waals surface area contributed by atoms with Crippen molar-refractivity contribution >= 4 is 17.3 Å². The molecule has 0 radical (unpaired) electrons. The lowest BCUT2D eigenvalue weighted by molar-refractivity contribution is -0.384. The Hall–Kier alpha value is -2.69. The van der Waals surface area contributed by atoms with Crippen molar-refractivity contribution in [3.8, 4) is 6.07 Å². The minimum Gasteiger partial charge on any atom is -0.392 e. The SMILES string of the molecule is CC(CC#N)N(C)C(=O)c1c(F)ccc([N+](=O)[O-])c1N. The van der Waals surface area contributed by atoms with Crippen LogP contribution in [-0.2, 0) is 0 Å². The molecule has 1 amide bonds. The Kier molecular flexibility index (Phi) is 4.59. The number of nitrogens with two attached hydrogens (primary N) is 1. The lowest BCUT2D eigenvalue weighted by Crippen LogP contribution is -2.35. The van der Waals surface area contributed by atoms with Gasteiger partial charge in [0.05, 0.1) is 17.4 Å². The van der Waals surface area contributed by atoms with E-state index in [1.165, 1.54) is 7.05 Å². The Morgan fingerprint density at radius 1 is 1.65 bits per heavy atom. The fourth-order valence-electron chi connectivity index (χ4n) is 1.60. The molecule has 1 aromatic rings. The Morgan fingerprint density at radius 3 is 2.75 bits per heavy atom. The molecule has 106 valence electrons. The Bertz CT molecular complexity index is 597. The van der Waals surface area contributed by atoms with Gasteiger partial charge in [-0.3, -0.25) is 14.9 Å². The number of anilines is 1. The smallest absolute Gasteiger partial charge is 0.293 e. The maximum atomic E-state index is 13.7. The second kappa shape index (κ2) is 5.97. The molecule has 0 bridgehead atoms. The summed E-state index contributed by atoms with van der Waals surface area (Å²) in [5.41, 5.74) is 3.91. The number of hydrogen-bond acceptors (Lipinski definition) is 5. The number of nitrogens with zero attached hydrogens (tertiary/aromatic N) is 3. The number of carbonyl (C=O) groups is 1. The van der Waals surface area contributed by atoms with E-state index in [1.807, 2.05) is 6.07 Å². The second-order valence-corrected chi connectivity index (χ2v) is 4.24. The van der Waals surface area contributed by atoms with Gasteiger partial charge in [-0.15, -0.1) is 0 Å². The number of nitro groups is 1. The van der Waals surface area contributed by atoms with E-state index in [0.29, 0.717) is 0 Å². The zero-order valence-corrected chi connectivity index (χ0v) is 11.0. The monoisotopic (exact) mass is 280 g/mol. The maximum absolute atomic E-state index is 13.7. The summed E-state index contributed by atoms with van der Waals surface area (Å²) < 4.78 is 13.7. The molecule has 0 aliphatic carbocycles. The first-order valence-corrected chi connectivity index (χ1v) is 5.67. The van der Waals surface area contributed by atoms with Crippen LogP contribution in [0.1, 0.15) is 23.7 Å². The molecule has 1 rings (SSSR count). The molecule has 0 saturated heterocycles. The predicted molar refractivity (Wildman–Crippen MR) is 69.3 cm³/mol. The average molecular weight is 280 g/mol. The van der Waals surface area contributed by atoms with E-state index in [-0.39, 0.29) is 6.42 Å². The van der Waals surface area contributed by atoms with Crippen molar-refractivity contribution in [2.24, 2.45) is 0 Å². The van der Waals surface area contributed by atoms with E-state index in [1.54, 1.807) is 6.92 Å². The summed E-state index contributed by atoms with van der Waals surface area (Å²) in [5, 5.41) is 19.3. The van der Waals surface area contributed by atoms with Crippen molar-refractivity contribution in [2.45, 2.75) is 19.4 Å². The standard InChI is InChI=1S/C12H13FN4O3/c1-7(5-6-14)16(2)12(18)10-8(13)3-4-9(11(10)15)17(19)20/h3-4,7H,5,15H2,1-2H3. The number of halogens is 1. The molecule has 0 aliphatic heterocycles. The molecule has 8 heteroatoms. The normalized spacial score (nSPS) is 11.5. The fourth-order valence-corrected chi connectivity index (χ4v) is 1.60. The van der Waals surface area contributed by atoms with Crippen LogP contribution in [0.25, 0.3) is 0 Å². The van der Waals surface area contributed by atoms with Crippen molar-refractivity contribution in [3.05, 3.63) is 33.6 Å². The number of hydrogen-bond donors (Lipinski definition) is 1. The van der Waals surface area contributed by atoms with Gasteiger partial charge in [-0.05, 0) is 13.0 Å². The van der Waals surface area contributed by atoms with Crippen LogP contribution in [0.4, 0.5) is 15.8 Å². The van der Waals surface area contributed by atoms with Gasteiger partial charge in [-0.1, -0.05) is 0 Å². The third-order valence-corrected chi connectivity index (χ3v) is 2.95. The molecular formula is C12H13FN4O3. The van der Waals surface area contributed by atoms with Crippen molar-refractivity contribution < 1.29 is 14.1 Å². The minimum atomic E-state index is -0.936.